The molecule has 5 nitrogen and oxygen atoms in total. The van der Waals surface area contributed by atoms with Crippen LogP contribution < -0.4 is 10.5 Å². The van der Waals surface area contributed by atoms with Gasteiger partial charge in [-0.2, -0.15) is 0 Å². The van der Waals surface area contributed by atoms with Crippen molar-refractivity contribution in [2.75, 3.05) is 32.5 Å². The maximum Gasteiger partial charge on any atom is 0.256 e. The van der Waals surface area contributed by atoms with E-state index in [1.807, 2.05) is 0 Å². The Morgan fingerprint density at radius 2 is 2.37 bits per heavy atom. The van der Waals surface area contributed by atoms with Gasteiger partial charge in [-0.05, 0) is 18.6 Å². The molecule has 1 fully saturated rings. The highest BCUT2D eigenvalue weighted by molar-refractivity contribution is 6.00. The Labute approximate surface area is 113 Å². The van der Waals surface area contributed by atoms with E-state index in [2.05, 4.69) is 6.92 Å². The molecule has 1 aromatic carbocycles. The molecule has 0 bridgehead atoms. The van der Waals surface area contributed by atoms with Crippen molar-refractivity contribution in [2.45, 2.75) is 19.4 Å². The van der Waals surface area contributed by atoms with E-state index in [-0.39, 0.29) is 12.0 Å². The Morgan fingerprint density at radius 1 is 1.58 bits per heavy atom. The maximum atomic E-state index is 12.5. The quantitative estimate of drug-likeness (QED) is 0.841. The minimum Gasteiger partial charge on any atom is -0.495 e. The van der Waals surface area contributed by atoms with E-state index in [9.17, 15) is 4.79 Å². The second-order valence-electron chi connectivity index (χ2n) is 4.57. The summed E-state index contributed by atoms with van der Waals surface area (Å²) >= 11 is 0. The zero-order valence-corrected chi connectivity index (χ0v) is 11.4. The van der Waals surface area contributed by atoms with Gasteiger partial charge in [0, 0.05) is 13.1 Å². The number of amides is 1. The fourth-order valence-electron chi connectivity index (χ4n) is 2.23. The number of para-hydroxylation sites is 1. The Kier molecular flexibility index (Phi) is 4.27. The number of methoxy groups -OCH3 is 1. The smallest absolute Gasteiger partial charge is 0.256 e. The zero-order valence-electron chi connectivity index (χ0n) is 11.4. The van der Waals surface area contributed by atoms with Crippen LogP contribution in [0.1, 0.15) is 23.7 Å². The fourth-order valence-corrected chi connectivity index (χ4v) is 2.23. The van der Waals surface area contributed by atoms with Crippen molar-refractivity contribution in [1.82, 2.24) is 4.90 Å². The van der Waals surface area contributed by atoms with Crippen molar-refractivity contribution in [3.05, 3.63) is 23.8 Å². The Bertz CT molecular complexity index is 462. The molecule has 1 aromatic rings. The highest BCUT2D eigenvalue weighted by atomic mass is 16.5. The minimum atomic E-state index is -0.0573. The number of hydrogen-bond acceptors (Lipinski definition) is 4. The van der Waals surface area contributed by atoms with Crippen molar-refractivity contribution in [2.24, 2.45) is 0 Å². The third kappa shape index (κ3) is 2.81. The van der Waals surface area contributed by atoms with Gasteiger partial charge < -0.3 is 20.1 Å². The summed E-state index contributed by atoms with van der Waals surface area (Å²) in [7, 11) is 1.54. The second kappa shape index (κ2) is 5.93. The van der Waals surface area contributed by atoms with Crippen molar-refractivity contribution < 1.29 is 14.3 Å². The maximum absolute atomic E-state index is 12.5. The Morgan fingerprint density at radius 3 is 3.05 bits per heavy atom. The molecule has 0 radical (unpaired) electrons. The lowest BCUT2D eigenvalue weighted by molar-refractivity contribution is -0.0226. The molecule has 0 aliphatic carbocycles. The van der Waals surface area contributed by atoms with E-state index in [1.165, 1.54) is 0 Å². The lowest BCUT2D eigenvalue weighted by Gasteiger charge is -2.32. The SMILES string of the molecule is CCC1CN(C(=O)c2cccc(OC)c2N)CCO1. The largest absolute Gasteiger partial charge is 0.495 e. The highest BCUT2D eigenvalue weighted by Gasteiger charge is 2.25. The predicted octanol–water partition coefficient (Wildman–Crippen LogP) is 1.53. The Balaban J connectivity index is 2.19. The van der Waals surface area contributed by atoms with E-state index >= 15 is 0 Å². The van der Waals surface area contributed by atoms with Crippen molar-refractivity contribution in [3.63, 3.8) is 0 Å². The first kappa shape index (κ1) is 13.7. The van der Waals surface area contributed by atoms with Crippen molar-refractivity contribution in [1.29, 1.82) is 0 Å². The Hall–Kier alpha value is -1.75. The van der Waals surface area contributed by atoms with Crippen LogP contribution in [0.5, 0.6) is 5.75 Å². The van der Waals surface area contributed by atoms with E-state index < -0.39 is 0 Å². The summed E-state index contributed by atoms with van der Waals surface area (Å²) in [5.41, 5.74) is 6.86. The molecule has 1 saturated heterocycles. The number of ether oxygens (including phenoxy) is 2. The van der Waals surface area contributed by atoms with E-state index in [0.29, 0.717) is 36.7 Å². The molecule has 1 amide bonds. The predicted molar refractivity (Wildman–Crippen MR) is 73.3 cm³/mol. The number of benzene rings is 1. The van der Waals surface area contributed by atoms with Gasteiger partial charge >= 0.3 is 0 Å². The molecule has 1 unspecified atom stereocenters. The van der Waals surface area contributed by atoms with Gasteiger partial charge in [0.15, 0.2) is 0 Å². The average molecular weight is 264 g/mol. The first-order chi connectivity index (χ1) is 9.17. The van der Waals surface area contributed by atoms with Crippen LogP contribution in [-0.4, -0.2) is 43.7 Å². The summed E-state index contributed by atoms with van der Waals surface area (Å²) in [5.74, 6) is 0.476. The van der Waals surface area contributed by atoms with Gasteiger partial charge in [0.2, 0.25) is 0 Å². The van der Waals surface area contributed by atoms with Gasteiger partial charge in [0.1, 0.15) is 5.75 Å². The summed E-state index contributed by atoms with van der Waals surface area (Å²) in [6, 6.07) is 5.26. The number of nitrogen functional groups attached to an aromatic ring is 1. The van der Waals surface area contributed by atoms with Gasteiger partial charge in [0.05, 0.1) is 31.1 Å². The van der Waals surface area contributed by atoms with Gasteiger partial charge in [-0.1, -0.05) is 13.0 Å². The standard InChI is InChI=1S/C14H20N2O3/c1-3-10-9-16(7-8-19-10)14(17)11-5-4-6-12(18-2)13(11)15/h4-6,10H,3,7-9,15H2,1-2H3. The van der Waals surface area contributed by atoms with Crippen LogP contribution >= 0.6 is 0 Å². The molecular weight excluding hydrogens is 244 g/mol. The van der Waals surface area contributed by atoms with Crippen LogP contribution in [0.4, 0.5) is 5.69 Å². The second-order valence-corrected chi connectivity index (χ2v) is 4.57. The van der Waals surface area contributed by atoms with Crippen molar-refractivity contribution >= 4 is 11.6 Å². The highest BCUT2D eigenvalue weighted by Crippen LogP contribution is 2.26. The summed E-state index contributed by atoms with van der Waals surface area (Å²) in [5, 5.41) is 0. The lowest BCUT2D eigenvalue weighted by Crippen LogP contribution is -2.45. The van der Waals surface area contributed by atoms with Crippen LogP contribution in [-0.2, 0) is 4.74 Å². The molecule has 0 spiro atoms. The number of carbonyl (C=O) groups is 1. The third-order valence-corrected chi connectivity index (χ3v) is 3.40. The molecule has 1 aliphatic rings. The van der Waals surface area contributed by atoms with E-state index in [4.69, 9.17) is 15.2 Å². The number of anilines is 1. The molecule has 2 rings (SSSR count). The van der Waals surface area contributed by atoms with Crippen LogP contribution in [0.25, 0.3) is 0 Å². The number of rotatable bonds is 3. The van der Waals surface area contributed by atoms with Gasteiger partial charge in [0.25, 0.3) is 5.91 Å². The van der Waals surface area contributed by atoms with Crippen molar-refractivity contribution in [3.8, 4) is 5.75 Å². The molecule has 1 atom stereocenters. The third-order valence-electron chi connectivity index (χ3n) is 3.40. The lowest BCUT2D eigenvalue weighted by atomic mass is 10.1. The molecule has 0 aromatic heterocycles. The molecule has 19 heavy (non-hydrogen) atoms. The normalized spacial score (nSPS) is 19.3. The number of carbonyl (C=O) groups excluding carboxylic acids is 1. The summed E-state index contributed by atoms with van der Waals surface area (Å²) in [6.45, 7) is 3.85. The summed E-state index contributed by atoms with van der Waals surface area (Å²) < 4.78 is 10.7. The van der Waals surface area contributed by atoms with Crippen LogP contribution in [0.3, 0.4) is 0 Å². The summed E-state index contributed by atoms with van der Waals surface area (Å²) in [6.07, 6.45) is 1.02. The zero-order chi connectivity index (χ0) is 13.8. The fraction of sp³-hybridized carbons (Fsp3) is 0.500. The molecule has 0 saturated carbocycles. The topological polar surface area (TPSA) is 64.8 Å². The molecule has 104 valence electrons. The van der Waals surface area contributed by atoms with E-state index in [1.54, 1.807) is 30.2 Å². The summed E-state index contributed by atoms with van der Waals surface area (Å²) in [4.78, 5) is 14.3. The first-order valence-electron chi connectivity index (χ1n) is 6.50. The minimum absolute atomic E-state index is 0.0573. The van der Waals surface area contributed by atoms with Gasteiger partial charge in [-0.3, -0.25) is 4.79 Å². The van der Waals surface area contributed by atoms with Crippen LogP contribution in [0.15, 0.2) is 18.2 Å². The van der Waals surface area contributed by atoms with Crippen LogP contribution in [0.2, 0.25) is 0 Å². The number of hydrogen-bond donors (Lipinski definition) is 1. The molecule has 1 aliphatic heterocycles. The van der Waals surface area contributed by atoms with Crippen LogP contribution in [0, 0.1) is 0 Å². The van der Waals surface area contributed by atoms with Gasteiger partial charge in [-0.15, -0.1) is 0 Å². The first-order valence-corrected chi connectivity index (χ1v) is 6.50. The average Bonchev–Trinajstić information content (AvgIpc) is 2.47. The molecule has 2 N–H and O–H groups in total. The number of nitrogens with zero attached hydrogens (tertiary/aromatic N) is 1. The molecule has 5 heteroatoms. The number of morpholine rings is 1. The monoisotopic (exact) mass is 264 g/mol. The van der Waals surface area contributed by atoms with E-state index in [0.717, 1.165) is 6.42 Å². The molecule has 1 heterocycles. The number of nitrogens with two attached hydrogens (primary N) is 1. The molecular formula is C14H20N2O3. The van der Waals surface area contributed by atoms with Gasteiger partial charge in [-0.25, -0.2) is 0 Å².